The van der Waals surface area contributed by atoms with Crippen molar-refractivity contribution < 1.29 is 29.3 Å². The second-order valence-corrected chi connectivity index (χ2v) is 4.11. The Morgan fingerprint density at radius 3 is 2.32 bits per heavy atom. The van der Waals surface area contributed by atoms with E-state index in [1.807, 2.05) is 0 Å². The molecule has 1 atom stereocenters. The molecule has 0 rings (SSSR count). The number of carbonyl (C=O) groups excluding carboxylic acids is 2. The Morgan fingerprint density at radius 1 is 1.26 bits per heavy atom. The number of carbonyl (C=O) groups is 3. The van der Waals surface area contributed by atoms with Gasteiger partial charge in [0.15, 0.2) is 5.41 Å². The van der Waals surface area contributed by atoms with Gasteiger partial charge in [-0.1, -0.05) is 13.3 Å². The highest BCUT2D eigenvalue weighted by Gasteiger charge is 2.48. The summed E-state index contributed by atoms with van der Waals surface area (Å²) >= 11 is 0. The molecule has 1 unspecified atom stereocenters. The second kappa shape index (κ2) is 8.47. The Labute approximate surface area is 111 Å². The van der Waals surface area contributed by atoms with Gasteiger partial charge in [-0.05, 0) is 13.3 Å². The Kier molecular flexibility index (Phi) is 7.74. The summed E-state index contributed by atoms with van der Waals surface area (Å²) in [6.45, 7) is 3.11. The third-order valence-electron chi connectivity index (χ3n) is 2.65. The monoisotopic (exact) mass is 275 g/mol. The van der Waals surface area contributed by atoms with Crippen LogP contribution in [0.2, 0.25) is 0 Å². The highest BCUT2D eigenvalue weighted by atomic mass is 16.5. The number of hydrogen-bond acceptors (Lipinski definition) is 5. The van der Waals surface area contributed by atoms with Gasteiger partial charge in [0.2, 0.25) is 5.91 Å². The van der Waals surface area contributed by atoms with Crippen molar-refractivity contribution in [2.75, 3.05) is 19.8 Å². The first-order chi connectivity index (χ1) is 8.94. The van der Waals surface area contributed by atoms with Crippen molar-refractivity contribution >= 4 is 17.8 Å². The van der Waals surface area contributed by atoms with Gasteiger partial charge in [0, 0.05) is 6.54 Å². The van der Waals surface area contributed by atoms with Crippen LogP contribution in [-0.4, -0.2) is 47.8 Å². The molecule has 0 spiro atoms. The first-order valence-electron chi connectivity index (χ1n) is 6.22. The maximum atomic E-state index is 11.9. The van der Waals surface area contributed by atoms with E-state index in [-0.39, 0.29) is 26.2 Å². The van der Waals surface area contributed by atoms with Crippen molar-refractivity contribution in [2.45, 2.75) is 33.1 Å². The van der Waals surface area contributed by atoms with E-state index in [0.29, 0.717) is 6.42 Å². The number of hydrogen-bond donors (Lipinski definition) is 3. The van der Waals surface area contributed by atoms with Crippen molar-refractivity contribution in [3.05, 3.63) is 0 Å². The minimum Gasteiger partial charge on any atom is -0.480 e. The highest BCUT2D eigenvalue weighted by Crippen LogP contribution is 2.30. The van der Waals surface area contributed by atoms with Crippen LogP contribution in [0.15, 0.2) is 0 Å². The Bertz CT molecular complexity index is 330. The molecule has 1 amide bonds. The predicted molar refractivity (Wildman–Crippen MR) is 66.3 cm³/mol. The Balaban J connectivity index is 5.06. The molecule has 0 radical (unpaired) electrons. The van der Waals surface area contributed by atoms with E-state index in [1.54, 1.807) is 13.8 Å². The lowest BCUT2D eigenvalue weighted by atomic mass is 9.80. The van der Waals surface area contributed by atoms with Crippen LogP contribution in [-0.2, 0) is 19.1 Å². The van der Waals surface area contributed by atoms with Crippen LogP contribution < -0.4 is 5.32 Å². The quantitative estimate of drug-likeness (QED) is 0.400. The van der Waals surface area contributed by atoms with E-state index in [9.17, 15) is 19.5 Å². The van der Waals surface area contributed by atoms with Gasteiger partial charge in [0.1, 0.15) is 0 Å². The number of carboxylic acids is 1. The average molecular weight is 275 g/mol. The fraction of sp³-hybridized carbons (Fsp3) is 0.750. The minimum atomic E-state index is -1.86. The molecule has 7 heteroatoms. The number of ether oxygens (including phenoxy) is 1. The van der Waals surface area contributed by atoms with Crippen LogP contribution in [0.3, 0.4) is 0 Å². The van der Waals surface area contributed by atoms with Gasteiger partial charge in [0.05, 0.1) is 19.6 Å². The maximum Gasteiger partial charge on any atom is 0.324 e. The van der Waals surface area contributed by atoms with Crippen LogP contribution in [0.4, 0.5) is 0 Å². The van der Waals surface area contributed by atoms with Crippen molar-refractivity contribution in [3.63, 3.8) is 0 Å². The average Bonchev–Trinajstić information content (AvgIpc) is 2.35. The van der Waals surface area contributed by atoms with Crippen molar-refractivity contribution in [2.24, 2.45) is 5.41 Å². The third-order valence-corrected chi connectivity index (χ3v) is 2.65. The van der Waals surface area contributed by atoms with Gasteiger partial charge in [-0.3, -0.25) is 14.4 Å². The Morgan fingerprint density at radius 2 is 1.89 bits per heavy atom. The standard InChI is InChI=1S/C12H21NO6/c1-3-5-12(10(16)17,11(18)19-4-2)8-9(15)13-6-7-14/h14H,3-8H2,1-2H3,(H,13,15)(H,16,17). The van der Waals surface area contributed by atoms with E-state index in [2.05, 4.69) is 5.32 Å². The number of aliphatic hydroxyl groups excluding tert-OH is 1. The van der Waals surface area contributed by atoms with Gasteiger partial charge in [0.25, 0.3) is 0 Å². The number of aliphatic hydroxyl groups is 1. The number of carboxylic acid groups (broad SMARTS) is 1. The van der Waals surface area contributed by atoms with E-state index in [1.165, 1.54) is 0 Å². The summed E-state index contributed by atoms with van der Waals surface area (Å²) in [5.41, 5.74) is -1.86. The Hall–Kier alpha value is -1.63. The molecule has 0 heterocycles. The molecule has 110 valence electrons. The van der Waals surface area contributed by atoms with E-state index >= 15 is 0 Å². The van der Waals surface area contributed by atoms with Crippen LogP contribution in [0.1, 0.15) is 33.1 Å². The molecule has 0 aromatic carbocycles. The molecular formula is C12H21NO6. The maximum absolute atomic E-state index is 11.9. The molecule has 0 aliphatic rings. The fourth-order valence-corrected chi connectivity index (χ4v) is 1.76. The number of aliphatic carboxylic acids is 1. The molecule has 0 aliphatic heterocycles. The van der Waals surface area contributed by atoms with Gasteiger partial charge >= 0.3 is 11.9 Å². The highest BCUT2D eigenvalue weighted by molar-refractivity contribution is 6.02. The summed E-state index contributed by atoms with van der Waals surface area (Å²) in [4.78, 5) is 34.9. The van der Waals surface area contributed by atoms with E-state index in [0.717, 1.165) is 0 Å². The number of amides is 1. The molecule has 0 saturated heterocycles. The van der Waals surface area contributed by atoms with Crippen molar-refractivity contribution in [1.82, 2.24) is 5.32 Å². The van der Waals surface area contributed by atoms with Gasteiger partial charge in [-0.2, -0.15) is 0 Å². The molecule has 3 N–H and O–H groups in total. The molecule has 0 aliphatic carbocycles. The molecule has 0 saturated carbocycles. The minimum absolute atomic E-state index is 0.0173. The van der Waals surface area contributed by atoms with E-state index in [4.69, 9.17) is 9.84 Å². The van der Waals surface area contributed by atoms with E-state index < -0.39 is 29.7 Å². The van der Waals surface area contributed by atoms with Crippen molar-refractivity contribution in [1.29, 1.82) is 0 Å². The summed E-state index contributed by atoms with van der Waals surface area (Å²) in [7, 11) is 0. The number of nitrogens with one attached hydrogen (secondary N) is 1. The molecule has 0 bridgehead atoms. The van der Waals surface area contributed by atoms with Crippen LogP contribution >= 0.6 is 0 Å². The van der Waals surface area contributed by atoms with Gasteiger partial charge in [-0.25, -0.2) is 0 Å². The van der Waals surface area contributed by atoms with Crippen LogP contribution in [0, 0.1) is 5.41 Å². The first kappa shape index (κ1) is 17.4. The molecule has 19 heavy (non-hydrogen) atoms. The molecule has 0 aromatic heterocycles. The van der Waals surface area contributed by atoms with Crippen LogP contribution in [0.5, 0.6) is 0 Å². The fourth-order valence-electron chi connectivity index (χ4n) is 1.76. The summed E-state index contributed by atoms with van der Waals surface area (Å²) in [6.07, 6.45) is -0.0406. The third kappa shape index (κ3) is 4.86. The lowest BCUT2D eigenvalue weighted by Gasteiger charge is -2.26. The molecule has 7 nitrogen and oxygen atoms in total. The lowest BCUT2D eigenvalue weighted by Crippen LogP contribution is -2.45. The SMILES string of the molecule is CCCC(CC(=O)NCCO)(C(=O)O)C(=O)OCC. The summed E-state index contributed by atoms with van der Waals surface area (Å²) in [5, 5.41) is 20.2. The second-order valence-electron chi connectivity index (χ2n) is 4.11. The summed E-state index contributed by atoms with van der Waals surface area (Å²) in [5.74, 6) is -2.87. The molecule has 0 aromatic rings. The largest absolute Gasteiger partial charge is 0.480 e. The zero-order valence-corrected chi connectivity index (χ0v) is 11.3. The summed E-state index contributed by atoms with van der Waals surface area (Å²) in [6, 6.07) is 0. The number of rotatable bonds is 9. The van der Waals surface area contributed by atoms with Gasteiger partial charge in [-0.15, -0.1) is 0 Å². The lowest BCUT2D eigenvalue weighted by molar-refractivity contribution is -0.171. The van der Waals surface area contributed by atoms with Crippen LogP contribution in [0.25, 0.3) is 0 Å². The zero-order valence-electron chi connectivity index (χ0n) is 11.3. The smallest absolute Gasteiger partial charge is 0.324 e. The summed E-state index contributed by atoms with van der Waals surface area (Å²) < 4.78 is 4.78. The molecule has 0 fully saturated rings. The normalized spacial score (nSPS) is 13.4. The van der Waals surface area contributed by atoms with Gasteiger partial charge < -0.3 is 20.3 Å². The predicted octanol–water partition coefficient (Wildman–Crippen LogP) is -0.0808. The number of esters is 1. The molecular weight excluding hydrogens is 254 g/mol. The zero-order chi connectivity index (χ0) is 14.9. The first-order valence-corrected chi connectivity index (χ1v) is 6.22. The van der Waals surface area contributed by atoms with Crippen molar-refractivity contribution in [3.8, 4) is 0 Å². The topological polar surface area (TPSA) is 113 Å².